The number of nitrogens with zero attached hydrogens (tertiary/aromatic N) is 3. The van der Waals surface area contributed by atoms with Crippen LogP contribution in [0.5, 0.6) is 0 Å². The van der Waals surface area contributed by atoms with Crippen LogP contribution < -0.4 is 11.1 Å². The lowest BCUT2D eigenvalue weighted by Crippen LogP contribution is -2.40. The van der Waals surface area contributed by atoms with Gasteiger partial charge in [-0.1, -0.05) is 0 Å². The van der Waals surface area contributed by atoms with E-state index >= 15 is 0 Å². The van der Waals surface area contributed by atoms with Gasteiger partial charge in [-0.25, -0.2) is 0 Å². The fraction of sp³-hybridized carbons (Fsp3) is 0.929. The molecule has 0 aliphatic carbocycles. The van der Waals surface area contributed by atoms with E-state index in [0.29, 0.717) is 12.5 Å². The van der Waals surface area contributed by atoms with Crippen LogP contribution in [0, 0.1) is 0 Å². The van der Waals surface area contributed by atoms with Crippen molar-refractivity contribution >= 4 is 5.96 Å². The van der Waals surface area contributed by atoms with Gasteiger partial charge < -0.3 is 25.6 Å². The molecule has 0 aromatic rings. The van der Waals surface area contributed by atoms with Crippen LogP contribution in [-0.2, 0) is 4.74 Å². The van der Waals surface area contributed by atoms with Gasteiger partial charge in [0.05, 0.1) is 12.6 Å². The predicted molar refractivity (Wildman–Crippen MR) is 82.0 cm³/mol. The average Bonchev–Trinajstić information content (AvgIpc) is 2.87. The normalized spacial score (nSPS) is 26.6. The Bertz CT molecular complexity index is 304. The fourth-order valence-electron chi connectivity index (χ4n) is 2.71. The summed E-state index contributed by atoms with van der Waals surface area (Å²) in [7, 11) is 2.19. The quantitative estimate of drug-likeness (QED) is 0.536. The van der Waals surface area contributed by atoms with Gasteiger partial charge in [0.2, 0.25) is 0 Å². The number of guanidine groups is 1. The van der Waals surface area contributed by atoms with Crippen LogP contribution in [0.4, 0.5) is 0 Å². The van der Waals surface area contributed by atoms with Crippen molar-refractivity contribution < 1.29 is 4.74 Å². The molecule has 0 aromatic heterocycles. The Morgan fingerprint density at radius 1 is 1.30 bits per heavy atom. The molecule has 0 bridgehead atoms. The summed E-state index contributed by atoms with van der Waals surface area (Å²) < 4.78 is 5.52. The van der Waals surface area contributed by atoms with Crippen LogP contribution in [0.3, 0.4) is 0 Å². The van der Waals surface area contributed by atoms with Gasteiger partial charge in [0.15, 0.2) is 5.96 Å². The third-order valence-corrected chi connectivity index (χ3v) is 4.04. The van der Waals surface area contributed by atoms with Crippen molar-refractivity contribution in [1.82, 2.24) is 15.1 Å². The maximum Gasteiger partial charge on any atom is 0.188 e. The SMILES string of the molecule is CN1CCCN(CCNC(N)=NCC2CCCO2)CC1. The first-order valence-electron chi connectivity index (χ1n) is 7.80. The Morgan fingerprint density at radius 2 is 2.20 bits per heavy atom. The van der Waals surface area contributed by atoms with Gasteiger partial charge in [0.25, 0.3) is 0 Å². The molecule has 0 aromatic carbocycles. The number of ether oxygens (including phenoxy) is 1. The van der Waals surface area contributed by atoms with Crippen LogP contribution in [-0.4, -0.2) is 81.3 Å². The van der Waals surface area contributed by atoms with Crippen molar-refractivity contribution in [2.24, 2.45) is 10.7 Å². The molecule has 6 nitrogen and oxygen atoms in total. The Labute approximate surface area is 122 Å². The van der Waals surface area contributed by atoms with Gasteiger partial charge in [-0.3, -0.25) is 4.99 Å². The molecule has 2 rings (SSSR count). The number of likely N-dealkylation sites (N-methyl/N-ethyl adjacent to an activating group) is 1. The van der Waals surface area contributed by atoms with Crippen LogP contribution in [0.15, 0.2) is 4.99 Å². The molecule has 2 aliphatic rings. The molecule has 2 saturated heterocycles. The first kappa shape index (κ1) is 15.5. The smallest absolute Gasteiger partial charge is 0.188 e. The molecule has 0 radical (unpaired) electrons. The van der Waals surface area contributed by atoms with E-state index in [2.05, 4.69) is 27.2 Å². The maximum atomic E-state index is 5.88. The van der Waals surface area contributed by atoms with E-state index in [9.17, 15) is 0 Å². The fourth-order valence-corrected chi connectivity index (χ4v) is 2.71. The van der Waals surface area contributed by atoms with Crippen LogP contribution in [0.25, 0.3) is 0 Å². The lowest BCUT2D eigenvalue weighted by molar-refractivity contribution is 0.117. The maximum absolute atomic E-state index is 5.88. The molecule has 2 fully saturated rings. The standard InChI is InChI=1S/C14H29N5O/c1-18-6-3-7-19(10-9-18)8-5-16-14(15)17-12-13-4-2-11-20-13/h13H,2-12H2,1H3,(H3,15,16,17). The van der Waals surface area contributed by atoms with E-state index in [0.717, 1.165) is 45.6 Å². The summed E-state index contributed by atoms with van der Waals surface area (Å²) >= 11 is 0. The minimum atomic E-state index is 0.275. The summed E-state index contributed by atoms with van der Waals surface area (Å²) in [5.74, 6) is 0.549. The molecule has 0 saturated carbocycles. The Kier molecular flexibility index (Phi) is 6.56. The molecule has 6 heteroatoms. The van der Waals surface area contributed by atoms with E-state index in [4.69, 9.17) is 10.5 Å². The Morgan fingerprint density at radius 3 is 3.00 bits per heavy atom. The molecule has 0 amide bonds. The van der Waals surface area contributed by atoms with Crippen molar-refractivity contribution in [3.05, 3.63) is 0 Å². The van der Waals surface area contributed by atoms with Crippen LogP contribution >= 0.6 is 0 Å². The number of nitrogens with two attached hydrogens (primary N) is 1. The molecule has 1 unspecified atom stereocenters. The predicted octanol–water partition coefficient (Wildman–Crippen LogP) is -0.293. The largest absolute Gasteiger partial charge is 0.376 e. The molecule has 0 spiro atoms. The lowest BCUT2D eigenvalue weighted by atomic mass is 10.2. The summed E-state index contributed by atoms with van der Waals surface area (Å²) in [6.45, 7) is 8.14. The van der Waals surface area contributed by atoms with Crippen molar-refractivity contribution in [2.75, 3.05) is 59.5 Å². The molecule has 2 aliphatic heterocycles. The molecule has 2 heterocycles. The number of aliphatic imine (C=N–C) groups is 1. The lowest BCUT2D eigenvalue weighted by Gasteiger charge is -2.20. The van der Waals surface area contributed by atoms with E-state index in [1.165, 1.54) is 19.5 Å². The van der Waals surface area contributed by atoms with E-state index < -0.39 is 0 Å². The zero-order valence-corrected chi connectivity index (χ0v) is 12.7. The second kappa shape index (κ2) is 8.44. The number of rotatable bonds is 5. The third-order valence-electron chi connectivity index (χ3n) is 4.04. The van der Waals surface area contributed by atoms with Crippen molar-refractivity contribution in [1.29, 1.82) is 0 Å². The van der Waals surface area contributed by atoms with E-state index in [1.807, 2.05) is 0 Å². The Balaban J connectivity index is 1.58. The number of hydrogen-bond donors (Lipinski definition) is 2. The third kappa shape index (κ3) is 5.64. The molecular formula is C14H29N5O. The molecule has 3 N–H and O–H groups in total. The van der Waals surface area contributed by atoms with Gasteiger partial charge in [0.1, 0.15) is 0 Å². The molecular weight excluding hydrogens is 254 g/mol. The summed E-state index contributed by atoms with van der Waals surface area (Å²) in [6.07, 6.45) is 3.78. The topological polar surface area (TPSA) is 66.1 Å². The van der Waals surface area contributed by atoms with Gasteiger partial charge in [-0.2, -0.15) is 0 Å². The number of hydrogen-bond acceptors (Lipinski definition) is 4. The molecule has 20 heavy (non-hydrogen) atoms. The van der Waals surface area contributed by atoms with Crippen molar-refractivity contribution in [3.8, 4) is 0 Å². The highest BCUT2D eigenvalue weighted by molar-refractivity contribution is 5.77. The van der Waals surface area contributed by atoms with Gasteiger partial charge in [-0.05, 0) is 39.4 Å². The average molecular weight is 283 g/mol. The van der Waals surface area contributed by atoms with Crippen molar-refractivity contribution in [3.63, 3.8) is 0 Å². The van der Waals surface area contributed by atoms with Gasteiger partial charge in [-0.15, -0.1) is 0 Å². The highest BCUT2D eigenvalue weighted by Crippen LogP contribution is 2.11. The highest BCUT2D eigenvalue weighted by Gasteiger charge is 2.14. The first-order chi connectivity index (χ1) is 9.74. The van der Waals surface area contributed by atoms with Crippen molar-refractivity contribution in [2.45, 2.75) is 25.4 Å². The summed E-state index contributed by atoms with van der Waals surface area (Å²) in [4.78, 5) is 9.23. The first-order valence-corrected chi connectivity index (χ1v) is 7.80. The second-order valence-electron chi connectivity index (χ2n) is 5.79. The van der Waals surface area contributed by atoms with Gasteiger partial charge >= 0.3 is 0 Å². The second-order valence-corrected chi connectivity index (χ2v) is 5.79. The minimum Gasteiger partial charge on any atom is -0.376 e. The minimum absolute atomic E-state index is 0.275. The van der Waals surface area contributed by atoms with E-state index in [-0.39, 0.29) is 6.10 Å². The zero-order chi connectivity index (χ0) is 14.2. The number of nitrogens with one attached hydrogen (secondary N) is 1. The van der Waals surface area contributed by atoms with E-state index in [1.54, 1.807) is 0 Å². The Hall–Kier alpha value is -0.850. The van der Waals surface area contributed by atoms with Crippen LogP contribution in [0.1, 0.15) is 19.3 Å². The zero-order valence-electron chi connectivity index (χ0n) is 12.7. The van der Waals surface area contributed by atoms with Crippen LogP contribution in [0.2, 0.25) is 0 Å². The summed E-state index contributed by atoms with van der Waals surface area (Å²) in [5.41, 5.74) is 5.88. The summed E-state index contributed by atoms with van der Waals surface area (Å²) in [6, 6.07) is 0. The highest BCUT2D eigenvalue weighted by atomic mass is 16.5. The molecule has 116 valence electrons. The van der Waals surface area contributed by atoms with Gasteiger partial charge in [0, 0.05) is 32.8 Å². The monoisotopic (exact) mass is 283 g/mol. The molecule has 1 atom stereocenters. The summed E-state index contributed by atoms with van der Waals surface area (Å²) in [5, 5.41) is 3.20.